The minimum atomic E-state index is -0.105. The Balaban J connectivity index is 1.60. The van der Waals surface area contributed by atoms with Crippen LogP contribution >= 0.6 is 0 Å². The van der Waals surface area contributed by atoms with Gasteiger partial charge in [-0.3, -0.25) is 9.48 Å². The largest absolute Gasteiger partial charge is 0.472 e. The molecular weight excluding hydrogens is 270 g/mol. The number of aromatic nitrogens is 4. The molecule has 0 bridgehead atoms. The van der Waals surface area contributed by atoms with E-state index in [1.165, 1.54) is 4.68 Å². The van der Waals surface area contributed by atoms with Crippen molar-refractivity contribution in [3.63, 3.8) is 0 Å². The zero-order valence-electron chi connectivity index (χ0n) is 12.1. The lowest BCUT2D eigenvalue weighted by Gasteiger charge is -2.15. The molecule has 1 aliphatic heterocycles. The Kier molecular flexibility index (Phi) is 3.55. The predicted octanol–water partition coefficient (Wildman–Crippen LogP) is 0.812. The molecule has 7 heteroatoms. The standard InChI is InChI=1S/C14H17N5O2/c1-10-3-4-13(15-7-10)21-11-5-6-19(8-11)14(20)12-9-18(2)17-16-12/h3-4,7,9,11H,5-6,8H2,1-2H3. The first kappa shape index (κ1) is 13.5. The van der Waals surface area contributed by atoms with E-state index in [-0.39, 0.29) is 12.0 Å². The third-order valence-electron chi connectivity index (χ3n) is 3.43. The van der Waals surface area contributed by atoms with Gasteiger partial charge in [0.05, 0.1) is 12.7 Å². The van der Waals surface area contributed by atoms with Crippen LogP contribution in [0.1, 0.15) is 22.5 Å². The molecule has 1 aliphatic rings. The smallest absolute Gasteiger partial charge is 0.276 e. The highest BCUT2D eigenvalue weighted by molar-refractivity contribution is 5.92. The van der Waals surface area contributed by atoms with Gasteiger partial charge < -0.3 is 9.64 Å². The van der Waals surface area contributed by atoms with Crippen molar-refractivity contribution >= 4 is 5.91 Å². The SMILES string of the molecule is Cc1ccc(OC2CCN(C(=O)c3cn(C)nn3)C2)nc1. The Morgan fingerprint density at radius 1 is 1.43 bits per heavy atom. The van der Waals surface area contributed by atoms with Gasteiger partial charge >= 0.3 is 0 Å². The van der Waals surface area contributed by atoms with E-state index >= 15 is 0 Å². The molecule has 1 amide bonds. The molecule has 1 fully saturated rings. The summed E-state index contributed by atoms with van der Waals surface area (Å²) < 4.78 is 7.33. The highest BCUT2D eigenvalue weighted by Crippen LogP contribution is 2.18. The summed E-state index contributed by atoms with van der Waals surface area (Å²) in [6, 6.07) is 3.81. The Bertz CT molecular complexity index is 637. The maximum atomic E-state index is 12.2. The Morgan fingerprint density at radius 3 is 2.95 bits per heavy atom. The lowest BCUT2D eigenvalue weighted by molar-refractivity contribution is 0.0765. The van der Waals surface area contributed by atoms with E-state index in [9.17, 15) is 4.79 Å². The minimum Gasteiger partial charge on any atom is -0.472 e. The molecule has 110 valence electrons. The van der Waals surface area contributed by atoms with Crippen molar-refractivity contribution in [2.45, 2.75) is 19.4 Å². The molecule has 1 atom stereocenters. The third-order valence-corrected chi connectivity index (χ3v) is 3.43. The van der Waals surface area contributed by atoms with E-state index in [1.807, 2.05) is 19.1 Å². The molecule has 0 radical (unpaired) electrons. The number of ether oxygens (including phenoxy) is 1. The number of pyridine rings is 1. The average molecular weight is 287 g/mol. The van der Waals surface area contributed by atoms with Gasteiger partial charge in [-0.2, -0.15) is 0 Å². The molecule has 7 nitrogen and oxygen atoms in total. The van der Waals surface area contributed by atoms with Gasteiger partial charge in [-0.1, -0.05) is 11.3 Å². The summed E-state index contributed by atoms with van der Waals surface area (Å²) in [5, 5.41) is 7.63. The summed E-state index contributed by atoms with van der Waals surface area (Å²) in [6.07, 6.45) is 4.16. The Hall–Kier alpha value is -2.44. The molecule has 1 unspecified atom stereocenters. The number of carbonyl (C=O) groups is 1. The van der Waals surface area contributed by atoms with Gasteiger partial charge in [0.2, 0.25) is 5.88 Å². The zero-order chi connectivity index (χ0) is 14.8. The average Bonchev–Trinajstić information content (AvgIpc) is 3.10. The number of hydrogen-bond acceptors (Lipinski definition) is 5. The minimum absolute atomic E-state index is 0.0270. The molecule has 21 heavy (non-hydrogen) atoms. The van der Waals surface area contributed by atoms with Crippen LogP contribution in [-0.4, -0.2) is 50.0 Å². The molecule has 2 aromatic rings. The first-order valence-electron chi connectivity index (χ1n) is 6.87. The monoisotopic (exact) mass is 287 g/mol. The van der Waals surface area contributed by atoms with E-state index in [0.717, 1.165) is 12.0 Å². The van der Waals surface area contributed by atoms with Crippen molar-refractivity contribution in [1.29, 1.82) is 0 Å². The van der Waals surface area contributed by atoms with Gasteiger partial charge in [-0.05, 0) is 12.5 Å². The number of carbonyl (C=O) groups excluding carboxylic acids is 1. The molecule has 0 N–H and O–H groups in total. The highest BCUT2D eigenvalue weighted by Gasteiger charge is 2.29. The van der Waals surface area contributed by atoms with E-state index < -0.39 is 0 Å². The summed E-state index contributed by atoms with van der Waals surface area (Å²) in [6.45, 7) is 3.19. The van der Waals surface area contributed by atoms with Crippen LogP contribution in [0.3, 0.4) is 0 Å². The van der Waals surface area contributed by atoms with Crippen LogP contribution in [0, 0.1) is 6.92 Å². The van der Waals surface area contributed by atoms with Crippen LogP contribution in [0.2, 0.25) is 0 Å². The topological polar surface area (TPSA) is 73.1 Å². The van der Waals surface area contributed by atoms with Gasteiger partial charge in [0.15, 0.2) is 5.69 Å². The fourth-order valence-electron chi connectivity index (χ4n) is 2.31. The number of amides is 1. The van der Waals surface area contributed by atoms with E-state index in [4.69, 9.17) is 4.74 Å². The van der Waals surface area contributed by atoms with Crippen molar-refractivity contribution in [3.05, 3.63) is 35.8 Å². The van der Waals surface area contributed by atoms with Crippen LogP contribution in [0.25, 0.3) is 0 Å². The summed E-state index contributed by atoms with van der Waals surface area (Å²) in [7, 11) is 1.74. The first-order chi connectivity index (χ1) is 10.1. The number of nitrogens with zero attached hydrogens (tertiary/aromatic N) is 5. The number of rotatable bonds is 3. The van der Waals surface area contributed by atoms with Gasteiger partial charge in [0.1, 0.15) is 6.10 Å². The maximum Gasteiger partial charge on any atom is 0.276 e. The van der Waals surface area contributed by atoms with Crippen LogP contribution in [0.4, 0.5) is 0 Å². The maximum absolute atomic E-state index is 12.2. The fourth-order valence-corrected chi connectivity index (χ4v) is 2.31. The molecule has 0 spiro atoms. The molecular formula is C14H17N5O2. The predicted molar refractivity (Wildman–Crippen MR) is 74.9 cm³/mol. The van der Waals surface area contributed by atoms with Gasteiger partial charge in [0.25, 0.3) is 5.91 Å². The van der Waals surface area contributed by atoms with Crippen molar-refractivity contribution in [1.82, 2.24) is 24.9 Å². The summed E-state index contributed by atoms with van der Waals surface area (Å²) >= 11 is 0. The molecule has 0 aromatic carbocycles. The number of likely N-dealkylation sites (tertiary alicyclic amines) is 1. The van der Waals surface area contributed by atoms with Gasteiger partial charge in [-0.15, -0.1) is 5.10 Å². The second-order valence-corrected chi connectivity index (χ2v) is 5.23. The van der Waals surface area contributed by atoms with E-state index in [1.54, 1.807) is 24.3 Å². The quantitative estimate of drug-likeness (QED) is 0.835. The number of hydrogen-bond donors (Lipinski definition) is 0. The lowest BCUT2D eigenvalue weighted by atomic mass is 10.3. The van der Waals surface area contributed by atoms with Crippen molar-refractivity contribution in [2.75, 3.05) is 13.1 Å². The summed E-state index contributed by atoms with van der Waals surface area (Å²) in [5.41, 5.74) is 1.46. The van der Waals surface area contributed by atoms with Crippen molar-refractivity contribution < 1.29 is 9.53 Å². The van der Waals surface area contributed by atoms with Gasteiger partial charge in [-0.25, -0.2) is 4.98 Å². The molecule has 0 aliphatic carbocycles. The molecule has 0 saturated carbocycles. The lowest BCUT2D eigenvalue weighted by Crippen LogP contribution is -2.31. The van der Waals surface area contributed by atoms with E-state index in [2.05, 4.69) is 15.3 Å². The third kappa shape index (κ3) is 3.01. The van der Waals surface area contributed by atoms with Crippen LogP contribution in [0.5, 0.6) is 5.88 Å². The zero-order valence-corrected chi connectivity index (χ0v) is 12.1. The van der Waals surface area contributed by atoms with Crippen molar-refractivity contribution in [2.24, 2.45) is 7.05 Å². The molecule has 3 rings (SSSR count). The van der Waals surface area contributed by atoms with Gasteiger partial charge in [0, 0.05) is 32.3 Å². The first-order valence-corrected chi connectivity index (χ1v) is 6.87. The number of aryl methyl sites for hydroxylation is 2. The fraction of sp³-hybridized carbons (Fsp3) is 0.429. The second kappa shape index (κ2) is 5.51. The van der Waals surface area contributed by atoms with Crippen LogP contribution in [0.15, 0.2) is 24.5 Å². The van der Waals surface area contributed by atoms with E-state index in [0.29, 0.717) is 24.7 Å². The molecule has 1 saturated heterocycles. The summed E-state index contributed by atoms with van der Waals surface area (Å²) in [4.78, 5) is 18.2. The Labute approximate surface area is 122 Å². The normalized spacial score (nSPS) is 18.0. The molecule has 3 heterocycles. The summed E-state index contributed by atoms with van der Waals surface area (Å²) in [5.74, 6) is 0.491. The second-order valence-electron chi connectivity index (χ2n) is 5.23. The Morgan fingerprint density at radius 2 is 2.29 bits per heavy atom. The van der Waals surface area contributed by atoms with Crippen LogP contribution < -0.4 is 4.74 Å². The van der Waals surface area contributed by atoms with Crippen LogP contribution in [-0.2, 0) is 7.05 Å². The highest BCUT2D eigenvalue weighted by atomic mass is 16.5. The van der Waals surface area contributed by atoms with Crippen molar-refractivity contribution in [3.8, 4) is 5.88 Å². The molecule has 2 aromatic heterocycles.